The first-order chi connectivity index (χ1) is 13.0. The van der Waals surface area contributed by atoms with Gasteiger partial charge in [0, 0.05) is 39.8 Å². The number of carbonyl (C=O) groups is 1. The van der Waals surface area contributed by atoms with E-state index >= 15 is 0 Å². The van der Waals surface area contributed by atoms with Crippen molar-refractivity contribution in [3.05, 3.63) is 58.1 Å². The Kier molecular flexibility index (Phi) is 4.27. The van der Waals surface area contributed by atoms with Crippen molar-refractivity contribution in [2.75, 3.05) is 0 Å². The van der Waals surface area contributed by atoms with Crippen LogP contribution in [0.4, 0.5) is 0 Å². The Balaban J connectivity index is 2.17. The van der Waals surface area contributed by atoms with Gasteiger partial charge in [-0.05, 0) is 47.5 Å². The third-order valence-electron chi connectivity index (χ3n) is 4.32. The van der Waals surface area contributed by atoms with Crippen LogP contribution < -0.4 is 0 Å². The van der Waals surface area contributed by atoms with E-state index in [0.717, 1.165) is 16.6 Å². The summed E-state index contributed by atoms with van der Waals surface area (Å²) in [6.07, 6.45) is 4.05. The fraction of sp³-hybridized carbons (Fsp3) is 0.158. The Hall–Kier alpha value is -3.00. The highest BCUT2D eigenvalue weighted by Crippen LogP contribution is 2.35. The maximum absolute atomic E-state index is 12.3. The highest BCUT2D eigenvalue weighted by atomic mass is 79.9. The number of hydrogen-bond donors (Lipinski definition) is 1. The van der Waals surface area contributed by atoms with Gasteiger partial charge in [0.05, 0.1) is 11.1 Å². The van der Waals surface area contributed by atoms with Gasteiger partial charge in [0.25, 0.3) is 0 Å². The quantitative estimate of drug-likeness (QED) is 0.520. The first-order valence-corrected chi connectivity index (χ1v) is 9.11. The molecule has 0 unspecified atom stereocenters. The molecule has 8 heteroatoms. The van der Waals surface area contributed by atoms with E-state index in [-0.39, 0.29) is 11.3 Å². The van der Waals surface area contributed by atoms with Crippen molar-refractivity contribution in [1.29, 1.82) is 0 Å². The number of pyridine rings is 1. The number of aromatic carboxylic acids is 1. The smallest absolute Gasteiger partial charge is 0.338 e. The zero-order chi connectivity index (χ0) is 19.1. The van der Waals surface area contributed by atoms with Crippen molar-refractivity contribution in [3.63, 3.8) is 0 Å². The lowest BCUT2D eigenvalue weighted by atomic mass is 9.98. The third kappa shape index (κ3) is 2.91. The van der Waals surface area contributed by atoms with Crippen LogP contribution in [0.3, 0.4) is 0 Å². The summed E-state index contributed by atoms with van der Waals surface area (Å²) in [5, 5.41) is 18.6. The van der Waals surface area contributed by atoms with Gasteiger partial charge in [-0.1, -0.05) is 12.1 Å². The van der Waals surface area contributed by atoms with Crippen LogP contribution in [-0.2, 0) is 6.42 Å². The van der Waals surface area contributed by atoms with E-state index in [9.17, 15) is 9.90 Å². The highest BCUT2D eigenvalue weighted by Gasteiger charge is 2.26. The first kappa shape index (κ1) is 17.4. The van der Waals surface area contributed by atoms with Gasteiger partial charge in [0.1, 0.15) is 17.1 Å². The van der Waals surface area contributed by atoms with E-state index in [0.29, 0.717) is 28.1 Å². The summed E-state index contributed by atoms with van der Waals surface area (Å²) < 4.78 is 7.68. The lowest BCUT2D eigenvalue weighted by molar-refractivity contribution is 0.0698. The predicted molar refractivity (Wildman–Crippen MR) is 103 cm³/mol. The normalized spacial score (nSPS) is 11.2. The summed E-state index contributed by atoms with van der Waals surface area (Å²) in [5.41, 5.74) is 3.59. The minimum absolute atomic E-state index is 0.0662. The molecule has 0 atom stereocenters. The van der Waals surface area contributed by atoms with Gasteiger partial charge in [0.2, 0.25) is 0 Å². The number of carboxylic acids is 1. The standard InChI is InChI=1S/C19H15BrN4O3/c1-3-13-4-5-15-16(11-7-12(20)9-21-8-11)17(19(25)26)18(22-24(13)15)14-6-10(2)27-23-14/h4-9H,3H2,1-2H3,(H,25,26). The number of carboxylic acid groups (broad SMARTS) is 1. The minimum atomic E-state index is -1.09. The average Bonchev–Trinajstić information content (AvgIpc) is 3.25. The number of halogens is 1. The van der Waals surface area contributed by atoms with Gasteiger partial charge in [0.15, 0.2) is 0 Å². The molecule has 27 heavy (non-hydrogen) atoms. The molecular weight excluding hydrogens is 412 g/mol. The molecule has 0 aromatic carbocycles. The van der Waals surface area contributed by atoms with Gasteiger partial charge >= 0.3 is 5.97 Å². The van der Waals surface area contributed by atoms with Gasteiger partial charge in [-0.2, -0.15) is 5.10 Å². The molecule has 4 heterocycles. The maximum Gasteiger partial charge on any atom is 0.338 e. The minimum Gasteiger partial charge on any atom is -0.478 e. The Morgan fingerprint density at radius 3 is 2.74 bits per heavy atom. The van der Waals surface area contributed by atoms with E-state index in [1.807, 2.05) is 25.1 Å². The summed E-state index contributed by atoms with van der Waals surface area (Å²) in [5.74, 6) is -0.507. The van der Waals surface area contributed by atoms with Crippen molar-refractivity contribution in [2.24, 2.45) is 0 Å². The third-order valence-corrected chi connectivity index (χ3v) is 4.75. The van der Waals surface area contributed by atoms with E-state index < -0.39 is 5.97 Å². The summed E-state index contributed by atoms with van der Waals surface area (Å²) >= 11 is 3.41. The molecule has 1 N–H and O–H groups in total. The molecule has 0 aliphatic heterocycles. The highest BCUT2D eigenvalue weighted by molar-refractivity contribution is 9.10. The van der Waals surface area contributed by atoms with Gasteiger partial charge in [-0.3, -0.25) is 4.98 Å². The number of fused-ring (bicyclic) bond motifs is 1. The number of rotatable bonds is 4. The predicted octanol–water partition coefficient (Wildman–Crippen LogP) is 4.38. The topological polar surface area (TPSA) is 93.5 Å². The van der Waals surface area contributed by atoms with Crippen molar-refractivity contribution in [2.45, 2.75) is 20.3 Å². The molecule has 0 spiro atoms. The Labute approximate surface area is 162 Å². The van der Waals surface area contributed by atoms with Crippen LogP contribution in [0, 0.1) is 6.92 Å². The fourth-order valence-corrected chi connectivity index (χ4v) is 3.51. The van der Waals surface area contributed by atoms with Gasteiger partial charge < -0.3 is 9.63 Å². The second-order valence-corrected chi connectivity index (χ2v) is 7.01. The molecule has 0 bridgehead atoms. The maximum atomic E-state index is 12.3. The lowest BCUT2D eigenvalue weighted by Gasteiger charge is -2.13. The zero-order valence-electron chi connectivity index (χ0n) is 14.6. The molecule has 136 valence electrons. The molecule has 0 fully saturated rings. The fourth-order valence-electron chi connectivity index (χ4n) is 3.15. The summed E-state index contributed by atoms with van der Waals surface area (Å²) in [4.78, 5) is 16.5. The molecule has 0 saturated carbocycles. The van der Waals surface area contributed by atoms with E-state index in [1.165, 1.54) is 0 Å². The van der Waals surface area contributed by atoms with Crippen molar-refractivity contribution >= 4 is 27.4 Å². The van der Waals surface area contributed by atoms with E-state index in [1.54, 1.807) is 29.9 Å². The van der Waals surface area contributed by atoms with E-state index in [2.05, 4.69) is 31.2 Å². The SMILES string of the molecule is CCc1ccc2c(-c3cncc(Br)c3)c(C(=O)O)c(-c3cc(C)on3)nn12. The van der Waals surface area contributed by atoms with Crippen LogP contribution in [0.5, 0.6) is 0 Å². The largest absolute Gasteiger partial charge is 0.478 e. The summed E-state index contributed by atoms with van der Waals surface area (Å²) in [6.45, 7) is 3.77. The molecule has 4 aromatic rings. The van der Waals surface area contributed by atoms with Crippen LogP contribution in [-0.4, -0.2) is 30.8 Å². The number of hydrogen-bond acceptors (Lipinski definition) is 5. The van der Waals surface area contributed by atoms with Crippen molar-refractivity contribution in [3.8, 4) is 22.5 Å². The van der Waals surface area contributed by atoms with Gasteiger partial charge in [-0.15, -0.1) is 0 Å². The van der Waals surface area contributed by atoms with Crippen LogP contribution in [0.2, 0.25) is 0 Å². The first-order valence-electron chi connectivity index (χ1n) is 8.32. The second kappa shape index (κ2) is 6.62. The molecule has 0 amide bonds. The number of aromatic nitrogens is 4. The Bertz CT molecular complexity index is 1180. The van der Waals surface area contributed by atoms with Crippen LogP contribution >= 0.6 is 15.9 Å². The number of nitrogens with zero attached hydrogens (tertiary/aromatic N) is 4. The lowest BCUT2D eigenvalue weighted by Crippen LogP contribution is -2.10. The van der Waals surface area contributed by atoms with Gasteiger partial charge in [-0.25, -0.2) is 9.31 Å². The van der Waals surface area contributed by atoms with Crippen LogP contribution in [0.25, 0.3) is 28.0 Å². The van der Waals surface area contributed by atoms with E-state index in [4.69, 9.17) is 4.52 Å². The molecular formula is C19H15BrN4O3. The molecule has 0 aliphatic carbocycles. The average molecular weight is 427 g/mol. The molecule has 7 nitrogen and oxygen atoms in total. The van der Waals surface area contributed by atoms with Crippen LogP contribution in [0.15, 0.2) is 45.7 Å². The summed E-state index contributed by atoms with van der Waals surface area (Å²) in [7, 11) is 0. The van der Waals surface area contributed by atoms with Crippen LogP contribution in [0.1, 0.15) is 28.7 Å². The van der Waals surface area contributed by atoms with Crippen molar-refractivity contribution < 1.29 is 14.4 Å². The Morgan fingerprint density at radius 1 is 1.30 bits per heavy atom. The molecule has 0 radical (unpaired) electrons. The van der Waals surface area contributed by atoms with Crippen molar-refractivity contribution in [1.82, 2.24) is 19.8 Å². The molecule has 0 aliphatic rings. The zero-order valence-corrected chi connectivity index (χ0v) is 16.2. The molecule has 4 rings (SSSR count). The summed E-state index contributed by atoms with van der Waals surface area (Å²) in [6, 6.07) is 7.34. The second-order valence-electron chi connectivity index (χ2n) is 6.09. The monoisotopic (exact) mass is 426 g/mol. The number of aryl methyl sites for hydroxylation is 2. The molecule has 0 saturated heterocycles. The Morgan fingerprint density at radius 2 is 2.11 bits per heavy atom. The molecule has 4 aromatic heterocycles.